The van der Waals surface area contributed by atoms with Gasteiger partial charge in [0, 0.05) is 30.1 Å². The first-order chi connectivity index (χ1) is 15.0. The average Bonchev–Trinajstić information content (AvgIpc) is 3.44. The number of pyridine rings is 1. The largest absolute Gasteiger partial charge is 0.383 e. The topological polar surface area (TPSA) is 129 Å². The molecular weight excluding hydrogens is 404 g/mol. The predicted molar refractivity (Wildman–Crippen MR) is 113 cm³/mol. The minimum Gasteiger partial charge on any atom is -0.383 e. The molecule has 1 fully saturated rings. The molecule has 2 aromatic heterocycles. The van der Waals surface area contributed by atoms with Gasteiger partial charge in [0.05, 0.1) is 17.4 Å². The summed E-state index contributed by atoms with van der Waals surface area (Å²) in [7, 11) is 0. The Bertz CT molecular complexity index is 1120. The minimum absolute atomic E-state index is 0.0317. The lowest BCUT2D eigenvalue weighted by atomic mass is 10.1. The zero-order chi connectivity index (χ0) is 21.8. The van der Waals surface area contributed by atoms with Crippen LogP contribution in [0.3, 0.4) is 0 Å². The highest BCUT2D eigenvalue weighted by Gasteiger charge is 2.18. The third-order valence-electron chi connectivity index (χ3n) is 5.10. The molecule has 1 unspecified atom stereocenters. The maximum atomic E-state index is 14.1. The Morgan fingerprint density at radius 2 is 2.19 bits per heavy atom. The zero-order valence-corrected chi connectivity index (χ0v) is 16.5. The molecule has 1 aliphatic rings. The number of aromatic nitrogens is 3. The molecule has 0 amide bonds. The van der Waals surface area contributed by atoms with Crippen molar-refractivity contribution >= 4 is 17.3 Å². The number of rotatable bonds is 6. The van der Waals surface area contributed by atoms with E-state index in [1.165, 1.54) is 12.1 Å². The maximum absolute atomic E-state index is 14.1. The van der Waals surface area contributed by atoms with Gasteiger partial charge < -0.3 is 16.4 Å². The van der Waals surface area contributed by atoms with Crippen LogP contribution in [-0.4, -0.2) is 33.7 Å². The molecular formula is C20H21F2N9. The van der Waals surface area contributed by atoms with Crippen molar-refractivity contribution in [1.82, 2.24) is 20.1 Å². The lowest BCUT2D eigenvalue weighted by molar-refractivity contribution is 0.449. The second kappa shape index (κ2) is 8.96. The van der Waals surface area contributed by atoms with Gasteiger partial charge in [-0.2, -0.15) is 10.6 Å². The number of hydrogen-bond acceptors (Lipinski definition) is 6. The van der Waals surface area contributed by atoms with E-state index in [0.717, 1.165) is 37.7 Å². The van der Waals surface area contributed by atoms with Crippen LogP contribution in [0, 0.1) is 23.1 Å². The van der Waals surface area contributed by atoms with Crippen LogP contribution in [0.5, 0.6) is 0 Å². The molecule has 1 aromatic carbocycles. The molecule has 31 heavy (non-hydrogen) atoms. The van der Waals surface area contributed by atoms with E-state index in [1.54, 1.807) is 18.5 Å². The van der Waals surface area contributed by atoms with Crippen LogP contribution in [0.15, 0.2) is 53.2 Å². The van der Waals surface area contributed by atoms with Crippen LogP contribution in [0.4, 0.5) is 20.3 Å². The second-order valence-corrected chi connectivity index (χ2v) is 7.24. The lowest BCUT2D eigenvalue weighted by Crippen LogP contribution is -2.17. The van der Waals surface area contributed by atoms with Gasteiger partial charge in [0.25, 0.3) is 0 Å². The van der Waals surface area contributed by atoms with Crippen LogP contribution < -0.4 is 16.4 Å². The summed E-state index contributed by atoms with van der Waals surface area (Å²) in [6.45, 7) is 2.81. The molecule has 0 saturated carbocycles. The molecule has 1 saturated heterocycles. The fourth-order valence-corrected chi connectivity index (χ4v) is 3.49. The number of nitrogen functional groups attached to an aromatic ring is 1. The van der Waals surface area contributed by atoms with Crippen molar-refractivity contribution in [3.63, 3.8) is 0 Å². The van der Waals surface area contributed by atoms with E-state index < -0.39 is 11.6 Å². The third kappa shape index (κ3) is 4.56. The highest BCUT2D eigenvalue weighted by Crippen LogP contribution is 2.25. The van der Waals surface area contributed by atoms with E-state index in [9.17, 15) is 8.78 Å². The van der Waals surface area contributed by atoms with Gasteiger partial charge in [-0.25, -0.2) is 13.8 Å². The van der Waals surface area contributed by atoms with Crippen molar-refractivity contribution in [3.05, 3.63) is 60.1 Å². The van der Waals surface area contributed by atoms with Crippen molar-refractivity contribution in [3.8, 4) is 11.1 Å². The van der Waals surface area contributed by atoms with E-state index in [0.29, 0.717) is 17.0 Å². The summed E-state index contributed by atoms with van der Waals surface area (Å²) < 4.78 is 29.6. The number of nitrogens with two attached hydrogens (primary N) is 1. The maximum Gasteiger partial charge on any atom is 0.182 e. The first-order valence-corrected chi connectivity index (χ1v) is 9.70. The Balaban J connectivity index is 1.62. The molecule has 1 aliphatic heterocycles. The molecule has 3 heterocycles. The molecule has 5 N–H and O–H groups in total. The van der Waals surface area contributed by atoms with Crippen LogP contribution in [0.1, 0.15) is 12.0 Å². The predicted octanol–water partition coefficient (Wildman–Crippen LogP) is 3.22. The fraction of sp³-hybridized carbons (Fsp3) is 0.250. The fourth-order valence-electron chi connectivity index (χ4n) is 3.49. The molecule has 4 rings (SSSR count). The summed E-state index contributed by atoms with van der Waals surface area (Å²) in [4.78, 5) is 4.19. The van der Waals surface area contributed by atoms with Crippen LogP contribution in [0.25, 0.3) is 11.1 Å². The van der Waals surface area contributed by atoms with E-state index in [4.69, 9.17) is 11.3 Å². The third-order valence-corrected chi connectivity index (χ3v) is 5.10. The van der Waals surface area contributed by atoms with Crippen LogP contribution >= 0.6 is 0 Å². The van der Waals surface area contributed by atoms with Crippen molar-refractivity contribution in [2.24, 2.45) is 16.2 Å². The standard InChI is InChI=1S/C20H21F2N9/c21-16-2-1-3-17(18(16)22)28-20(29-30-24)15-6-13(8-26-19(15)23)14-9-27-31(11-14)10-12-4-5-25-7-12/h1-3,6,8-9,11-12,25H,4-5,7,10H2,(H2,23,26)(H2,24,28,29). The quantitative estimate of drug-likeness (QED) is 0.209. The summed E-state index contributed by atoms with van der Waals surface area (Å²) in [5.74, 6) is -1.49. The molecule has 160 valence electrons. The van der Waals surface area contributed by atoms with Gasteiger partial charge in [0.1, 0.15) is 5.82 Å². The van der Waals surface area contributed by atoms with E-state index in [1.807, 2.05) is 10.9 Å². The van der Waals surface area contributed by atoms with Gasteiger partial charge >= 0.3 is 0 Å². The molecule has 11 heteroatoms. The number of halogens is 2. The lowest BCUT2D eigenvalue weighted by Gasteiger charge is -2.12. The van der Waals surface area contributed by atoms with Crippen molar-refractivity contribution in [2.45, 2.75) is 13.0 Å². The molecule has 1 atom stereocenters. The molecule has 0 aliphatic carbocycles. The van der Waals surface area contributed by atoms with Gasteiger partial charge in [-0.1, -0.05) is 11.3 Å². The summed E-state index contributed by atoms with van der Waals surface area (Å²) in [6.07, 6.45) is 6.35. The molecule has 0 bridgehead atoms. The zero-order valence-electron chi connectivity index (χ0n) is 16.5. The van der Waals surface area contributed by atoms with Gasteiger partial charge in [-0.15, -0.1) is 5.10 Å². The number of hydrogen-bond donors (Lipinski definition) is 4. The van der Waals surface area contributed by atoms with Crippen molar-refractivity contribution < 1.29 is 8.78 Å². The smallest absolute Gasteiger partial charge is 0.182 e. The molecule has 0 spiro atoms. The van der Waals surface area contributed by atoms with Gasteiger partial charge in [0.15, 0.2) is 17.5 Å². The van der Waals surface area contributed by atoms with E-state index >= 15 is 0 Å². The number of nitrogens with zero attached hydrogens (tertiary/aromatic N) is 5. The normalized spacial score (nSPS) is 16.5. The monoisotopic (exact) mass is 425 g/mol. The van der Waals surface area contributed by atoms with Crippen LogP contribution in [-0.2, 0) is 6.54 Å². The highest BCUT2D eigenvalue weighted by molar-refractivity contribution is 6.11. The molecule has 3 aromatic rings. The Morgan fingerprint density at radius 1 is 1.32 bits per heavy atom. The SMILES string of the molecule is N=N/N=C(\Nc1cccc(F)c1F)c1cc(-c2cnn(CC3CCNC3)c2)cnc1N. The Kier molecular flexibility index (Phi) is 5.94. The van der Waals surface area contributed by atoms with Gasteiger partial charge in [-0.3, -0.25) is 4.68 Å². The van der Waals surface area contributed by atoms with Gasteiger partial charge in [0.2, 0.25) is 0 Å². The molecule has 0 radical (unpaired) electrons. The van der Waals surface area contributed by atoms with E-state index in [2.05, 4.69) is 31.0 Å². The minimum atomic E-state index is -1.08. The van der Waals surface area contributed by atoms with Crippen LogP contribution in [0.2, 0.25) is 0 Å². The van der Waals surface area contributed by atoms with Crippen molar-refractivity contribution in [1.29, 1.82) is 5.53 Å². The summed E-state index contributed by atoms with van der Waals surface area (Å²) in [5, 5.41) is 17.1. The Labute approximate surface area is 176 Å². The number of benzene rings is 1. The number of nitrogens with one attached hydrogen (secondary N) is 3. The van der Waals surface area contributed by atoms with Crippen molar-refractivity contribution in [2.75, 3.05) is 24.1 Å². The highest BCUT2D eigenvalue weighted by atomic mass is 19.2. The average molecular weight is 425 g/mol. The second-order valence-electron chi connectivity index (χ2n) is 7.24. The Morgan fingerprint density at radius 3 is 2.97 bits per heavy atom. The van der Waals surface area contributed by atoms with E-state index in [-0.39, 0.29) is 17.3 Å². The first kappa shape index (κ1) is 20.5. The number of anilines is 2. The summed E-state index contributed by atoms with van der Waals surface area (Å²) in [6, 6.07) is 5.38. The molecule has 9 nitrogen and oxygen atoms in total. The summed E-state index contributed by atoms with van der Waals surface area (Å²) >= 11 is 0. The summed E-state index contributed by atoms with van der Waals surface area (Å²) in [5.41, 5.74) is 14.8. The first-order valence-electron chi connectivity index (χ1n) is 9.70. The number of amidine groups is 1. The van der Waals surface area contributed by atoms with Gasteiger partial charge in [-0.05, 0) is 43.6 Å². The Hall–Kier alpha value is -3.73.